The van der Waals surface area contributed by atoms with Gasteiger partial charge in [-0.15, -0.1) is 0 Å². The molecule has 2 aromatic rings. The van der Waals surface area contributed by atoms with Crippen molar-refractivity contribution >= 4 is 17.6 Å². The Morgan fingerprint density at radius 3 is 2.53 bits per heavy atom. The molecular weight excluding hydrogens is 424 g/mol. The maximum absolute atomic E-state index is 13.1. The van der Waals surface area contributed by atoms with Gasteiger partial charge in [-0.05, 0) is 37.3 Å². The number of nitrogens with zero attached hydrogens (tertiary/aromatic N) is 3. The number of rotatable bonds is 10. The third kappa shape index (κ3) is 6.94. The van der Waals surface area contributed by atoms with Gasteiger partial charge >= 0.3 is 0 Å². The van der Waals surface area contributed by atoms with Gasteiger partial charge in [0.25, 0.3) is 0 Å². The van der Waals surface area contributed by atoms with Crippen LogP contribution in [0.4, 0.5) is 5.82 Å². The molecule has 186 valence electrons. The minimum Gasteiger partial charge on any atom is -0.333 e. The second-order valence-electron chi connectivity index (χ2n) is 10.8. The van der Waals surface area contributed by atoms with E-state index < -0.39 is 0 Å². The highest BCUT2D eigenvalue weighted by Crippen LogP contribution is 2.29. The Morgan fingerprint density at radius 1 is 1.18 bits per heavy atom. The molecule has 1 saturated carbocycles. The van der Waals surface area contributed by atoms with Crippen LogP contribution in [-0.2, 0) is 15.0 Å². The predicted octanol–water partition coefficient (Wildman–Crippen LogP) is 6.02. The van der Waals surface area contributed by atoms with Crippen LogP contribution in [0.1, 0.15) is 90.3 Å². The van der Waals surface area contributed by atoms with E-state index in [9.17, 15) is 9.59 Å². The highest BCUT2D eigenvalue weighted by Gasteiger charge is 2.24. The van der Waals surface area contributed by atoms with Gasteiger partial charge in [0.2, 0.25) is 11.8 Å². The van der Waals surface area contributed by atoms with Crippen molar-refractivity contribution < 1.29 is 9.59 Å². The van der Waals surface area contributed by atoms with Gasteiger partial charge in [-0.1, -0.05) is 78.0 Å². The number of anilines is 1. The predicted molar refractivity (Wildman–Crippen MR) is 138 cm³/mol. The Kier molecular flexibility index (Phi) is 8.92. The first kappa shape index (κ1) is 26.0. The van der Waals surface area contributed by atoms with E-state index in [2.05, 4.69) is 33.0 Å². The molecule has 0 spiro atoms. The first-order valence-corrected chi connectivity index (χ1v) is 12.9. The maximum Gasteiger partial charge on any atom is 0.245 e. The van der Waals surface area contributed by atoms with E-state index in [1.165, 1.54) is 25.7 Å². The van der Waals surface area contributed by atoms with Crippen molar-refractivity contribution in [3.05, 3.63) is 41.6 Å². The van der Waals surface area contributed by atoms with Crippen LogP contribution in [0.25, 0.3) is 5.69 Å². The van der Waals surface area contributed by atoms with Gasteiger partial charge in [-0.25, -0.2) is 4.68 Å². The number of amides is 2. The highest BCUT2D eigenvalue weighted by atomic mass is 16.2. The molecule has 0 atom stereocenters. The van der Waals surface area contributed by atoms with Gasteiger partial charge in [-0.2, -0.15) is 5.10 Å². The lowest BCUT2D eigenvalue weighted by atomic mass is 9.92. The van der Waals surface area contributed by atoms with Crippen LogP contribution in [0.15, 0.2) is 30.3 Å². The number of para-hydroxylation sites is 1. The molecule has 1 aliphatic carbocycles. The Labute approximate surface area is 205 Å². The summed E-state index contributed by atoms with van der Waals surface area (Å²) in [6, 6.07) is 9.96. The van der Waals surface area contributed by atoms with Gasteiger partial charge in [0, 0.05) is 24.4 Å². The SMILES string of the molecule is CCCCN(CC(=O)Nc1cc(C(C)(C)C)nn1-c1ccccc1C)C(=O)CCC1CCCC1. The summed E-state index contributed by atoms with van der Waals surface area (Å²) in [6.07, 6.45) is 8.41. The lowest BCUT2D eigenvalue weighted by Crippen LogP contribution is -2.39. The largest absolute Gasteiger partial charge is 0.333 e. The molecule has 6 heteroatoms. The zero-order valence-electron chi connectivity index (χ0n) is 21.7. The van der Waals surface area contributed by atoms with Crippen LogP contribution in [0.5, 0.6) is 0 Å². The molecule has 2 amide bonds. The molecular formula is C28H42N4O2. The van der Waals surface area contributed by atoms with Crippen molar-refractivity contribution in [1.29, 1.82) is 0 Å². The first-order valence-electron chi connectivity index (χ1n) is 12.9. The molecule has 34 heavy (non-hydrogen) atoms. The molecule has 0 radical (unpaired) electrons. The van der Waals surface area contributed by atoms with Crippen LogP contribution in [0, 0.1) is 12.8 Å². The average molecular weight is 467 g/mol. The van der Waals surface area contributed by atoms with E-state index in [0.717, 1.165) is 36.2 Å². The van der Waals surface area contributed by atoms with Crippen LogP contribution >= 0.6 is 0 Å². The normalized spacial score (nSPS) is 14.4. The maximum atomic E-state index is 13.1. The molecule has 1 aromatic carbocycles. The van der Waals surface area contributed by atoms with Crippen LogP contribution in [0.2, 0.25) is 0 Å². The fourth-order valence-corrected chi connectivity index (χ4v) is 4.60. The molecule has 0 aliphatic heterocycles. The minimum absolute atomic E-state index is 0.0767. The van der Waals surface area contributed by atoms with Crippen LogP contribution in [-0.4, -0.2) is 39.6 Å². The average Bonchev–Trinajstić information content (AvgIpc) is 3.45. The summed E-state index contributed by atoms with van der Waals surface area (Å²) in [4.78, 5) is 27.9. The topological polar surface area (TPSA) is 67.2 Å². The van der Waals surface area contributed by atoms with Crippen molar-refractivity contribution in [2.24, 2.45) is 5.92 Å². The van der Waals surface area contributed by atoms with E-state index in [4.69, 9.17) is 5.10 Å². The monoisotopic (exact) mass is 466 g/mol. The standard InChI is InChI=1S/C28H42N4O2/c1-6-7-18-31(27(34)17-16-22-13-9-10-14-22)20-26(33)29-25-19-24(28(3,4)5)30-32(25)23-15-11-8-12-21(23)2/h8,11-12,15,19,22H,6-7,9-10,13-14,16-18,20H2,1-5H3,(H,29,33). The first-order chi connectivity index (χ1) is 16.2. The molecule has 0 unspecified atom stereocenters. The zero-order chi connectivity index (χ0) is 24.7. The summed E-state index contributed by atoms with van der Waals surface area (Å²) in [5.74, 6) is 1.22. The fourth-order valence-electron chi connectivity index (χ4n) is 4.60. The number of aromatic nitrogens is 2. The highest BCUT2D eigenvalue weighted by molar-refractivity contribution is 5.94. The van der Waals surface area contributed by atoms with Crippen molar-refractivity contribution in [1.82, 2.24) is 14.7 Å². The van der Waals surface area contributed by atoms with E-state index in [1.807, 2.05) is 41.9 Å². The summed E-state index contributed by atoms with van der Waals surface area (Å²) >= 11 is 0. The van der Waals surface area contributed by atoms with Crippen molar-refractivity contribution in [2.45, 2.75) is 91.4 Å². The number of hydrogen-bond acceptors (Lipinski definition) is 3. The summed E-state index contributed by atoms with van der Waals surface area (Å²) in [5, 5.41) is 7.88. The molecule has 1 aromatic heterocycles. The second-order valence-corrected chi connectivity index (χ2v) is 10.8. The number of carbonyl (C=O) groups is 2. The Morgan fingerprint density at radius 2 is 1.88 bits per heavy atom. The summed E-state index contributed by atoms with van der Waals surface area (Å²) < 4.78 is 1.81. The molecule has 3 rings (SSSR count). The van der Waals surface area contributed by atoms with Crippen LogP contribution < -0.4 is 5.32 Å². The van der Waals surface area contributed by atoms with Gasteiger partial charge in [0.1, 0.15) is 5.82 Å². The summed E-state index contributed by atoms with van der Waals surface area (Å²) in [7, 11) is 0. The van der Waals surface area contributed by atoms with Crippen molar-refractivity contribution in [3.63, 3.8) is 0 Å². The molecule has 0 bridgehead atoms. The number of aryl methyl sites for hydroxylation is 1. The van der Waals surface area contributed by atoms with Gasteiger partial charge < -0.3 is 10.2 Å². The minimum atomic E-state index is -0.180. The van der Waals surface area contributed by atoms with Gasteiger partial charge in [0.15, 0.2) is 0 Å². The lowest BCUT2D eigenvalue weighted by Gasteiger charge is -2.23. The number of nitrogens with one attached hydrogen (secondary N) is 1. The third-order valence-electron chi connectivity index (χ3n) is 6.80. The quantitative estimate of drug-likeness (QED) is 0.466. The number of carbonyl (C=O) groups excluding carboxylic acids is 2. The Balaban J connectivity index is 1.74. The Hall–Kier alpha value is -2.63. The van der Waals surface area contributed by atoms with Gasteiger partial charge in [0.05, 0.1) is 17.9 Å². The van der Waals surface area contributed by atoms with Crippen LogP contribution in [0.3, 0.4) is 0 Å². The molecule has 0 saturated heterocycles. The van der Waals surface area contributed by atoms with Crippen molar-refractivity contribution in [3.8, 4) is 5.69 Å². The number of unbranched alkanes of at least 4 members (excludes halogenated alkanes) is 1. The number of hydrogen-bond donors (Lipinski definition) is 1. The van der Waals surface area contributed by atoms with Gasteiger partial charge in [-0.3, -0.25) is 9.59 Å². The molecule has 1 fully saturated rings. The summed E-state index contributed by atoms with van der Waals surface area (Å²) in [5.41, 5.74) is 2.76. The Bertz CT molecular complexity index is 967. The van der Waals surface area contributed by atoms with E-state index in [-0.39, 0.29) is 23.8 Å². The molecule has 1 heterocycles. The van der Waals surface area contributed by atoms with E-state index in [1.54, 1.807) is 4.90 Å². The van der Waals surface area contributed by atoms with E-state index >= 15 is 0 Å². The second kappa shape index (κ2) is 11.7. The lowest BCUT2D eigenvalue weighted by molar-refractivity contribution is -0.135. The fraction of sp³-hybridized carbons (Fsp3) is 0.607. The van der Waals surface area contributed by atoms with Crippen molar-refractivity contribution in [2.75, 3.05) is 18.4 Å². The van der Waals surface area contributed by atoms with E-state index in [0.29, 0.717) is 24.7 Å². The molecule has 1 N–H and O–H groups in total. The zero-order valence-corrected chi connectivity index (χ0v) is 21.7. The molecule has 1 aliphatic rings. The number of benzene rings is 1. The summed E-state index contributed by atoms with van der Waals surface area (Å²) in [6.45, 7) is 11.2. The molecule has 6 nitrogen and oxygen atoms in total. The smallest absolute Gasteiger partial charge is 0.245 e. The third-order valence-corrected chi connectivity index (χ3v) is 6.80.